The second kappa shape index (κ2) is 5.71. The van der Waals surface area contributed by atoms with Gasteiger partial charge in [-0.1, -0.05) is 28.3 Å². The third-order valence-electron chi connectivity index (χ3n) is 2.68. The van der Waals surface area contributed by atoms with Crippen molar-refractivity contribution in [2.75, 3.05) is 5.32 Å². The Bertz CT molecular complexity index is 774. The highest BCUT2D eigenvalue weighted by atomic mass is 35.5. The van der Waals surface area contributed by atoms with E-state index in [2.05, 4.69) is 15.5 Å². The molecule has 4 nitrogen and oxygen atoms in total. The average molecular weight is 324 g/mol. The van der Waals surface area contributed by atoms with Crippen molar-refractivity contribution in [3.05, 3.63) is 58.3 Å². The molecular weight excluding hydrogens is 316 g/mol. The lowest BCUT2D eigenvalue weighted by Gasteiger charge is -2.01. The first-order valence-electron chi connectivity index (χ1n) is 5.93. The van der Waals surface area contributed by atoms with Crippen molar-refractivity contribution in [1.29, 1.82) is 0 Å². The molecule has 0 fully saturated rings. The quantitative estimate of drug-likeness (QED) is 0.742. The fourth-order valence-corrected chi connectivity index (χ4v) is 2.07. The third kappa shape index (κ3) is 3.15. The van der Waals surface area contributed by atoms with Crippen LogP contribution in [0.15, 0.2) is 46.9 Å². The van der Waals surface area contributed by atoms with Gasteiger partial charge in [-0.25, -0.2) is 4.39 Å². The van der Waals surface area contributed by atoms with Gasteiger partial charge in [0.25, 0.3) is 5.89 Å². The van der Waals surface area contributed by atoms with Gasteiger partial charge >= 0.3 is 6.01 Å². The Morgan fingerprint density at radius 1 is 1.00 bits per heavy atom. The summed E-state index contributed by atoms with van der Waals surface area (Å²) in [5.74, 6) is -0.0791. The molecule has 2 aromatic carbocycles. The van der Waals surface area contributed by atoms with Crippen LogP contribution < -0.4 is 5.32 Å². The van der Waals surface area contributed by atoms with Gasteiger partial charge in [0, 0.05) is 10.7 Å². The second-order valence-electron chi connectivity index (χ2n) is 4.17. The predicted octanol–water partition coefficient (Wildman–Crippen LogP) is 4.93. The Morgan fingerprint density at radius 3 is 2.52 bits per heavy atom. The molecule has 0 aliphatic rings. The summed E-state index contributed by atoms with van der Waals surface area (Å²) in [6, 6.07) is 10.9. The fraction of sp³-hybridized carbons (Fsp3) is 0. The number of rotatable bonds is 3. The van der Waals surface area contributed by atoms with Crippen LogP contribution in [-0.4, -0.2) is 10.2 Å². The zero-order valence-corrected chi connectivity index (χ0v) is 12.0. The zero-order valence-electron chi connectivity index (χ0n) is 10.5. The predicted molar refractivity (Wildman–Crippen MR) is 79.4 cm³/mol. The first kappa shape index (κ1) is 13.9. The maximum absolute atomic E-state index is 12.8. The summed E-state index contributed by atoms with van der Waals surface area (Å²) in [4.78, 5) is 0. The summed E-state index contributed by atoms with van der Waals surface area (Å²) < 4.78 is 18.3. The molecule has 0 saturated carbocycles. The molecule has 106 valence electrons. The molecule has 0 radical (unpaired) electrons. The van der Waals surface area contributed by atoms with E-state index >= 15 is 0 Å². The molecule has 0 atom stereocenters. The highest BCUT2D eigenvalue weighted by Gasteiger charge is 2.12. The first-order chi connectivity index (χ1) is 10.1. The molecule has 0 aliphatic carbocycles. The van der Waals surface area contributed by atoms with Gasteiger partial charge in [0.05, 0.1) is 10.6 Å². The summed E-state index contributed by atoms with van der Waals surface area (Å²) in [5, 5.41) is 11.6. The van der Waals surface area contributed by atoms with E-state index < -0.39 is 0 Å². The van der Waals surface area contributed by atoms with Gasteiger partial charge in [0.2, 0.25) is 0 Å². The molecule has 0 saturated heterocycles. The Morgan fingerprint density at radius 2 is 1.76 bits per heavy atom. The molecule has 3 rings (SSSR count). The molecule has 1 N–H and O–H groups in total. The molecule has 0 spiro atoms. The average Bonchev–Trinajstić information content (AvgIpc) is 2.92. The van der Waals surface area contributed by atoms with Crippen molar-refractivity contribution in [2.45, 2.75) is 0 Å². The van der Waals surface area contributed by atoms with Gasteiger partial charge < -0.3 is 9.73 Å². The van der Waals surface area contributed by atoms with E-state index in [9.17, 15) is 4.39 Å². The summed E-state index contributed by atoms with van der Waals surface area (Å²) in [6.45, 7) is 0. The van der Waals surface area contributed by atoms with Crippen LogP contribution in [0.4, 0.5) is 16.1 Å². The molecule has 7 heteroatoms. The number of hydrogen-bond donors (Lipinski definition) is 1. The number of hydrogen-bond acceptors (Lipinski definition) is 4. The van der Waals surface area contributed by atoms with Crippen LogP contribution in [0, 0.1) is 5.82 Å². The molecule has 0 aliphatic heterocycles. The lowest BCUT2D eigenvalue weighted by Crippen LogP contribution is -1.90. The number of nitrogens with zero attached hydrogens (tertiary/aromatic N) is 2. The number of anilines is 2. The van der Waals surface area contributed by atoms with Gasteiger partial charge in [-0.15, -0.1) is 5.10 Å². The maximum atomic E-state index is 12.8. The Hall–Kier alpha value is -2.11. The molecule has 0 bridgehead atoms. The normalized spacial score (nSPS) is 10.6. The number of aromatic nitrogens is 2. The van der Waals surface area contributed by atoms with Crippen LogP contribution in [0.25, 0.3) is 11.5 Å². The van der Waals surface area contributed by atoms with E-state index in [1.165, 1.54) is 12.1 Å². The van der Waals surface area contributed by atoms with Crippen LogP contribution in [0.2, 0.25) is 10.0 Å². The van der Waals surface area contributed by atoms with Gasteiger partial charge in [-0.3, -0.25) is 0 Å². The standard InChI is InChI=1S/C14H8Cl2FN3O/c15-8-1-6-12(16)11(7-8)13-19-20-14(21-13)18-10-4-2-9(17)3-5-10/h1-7H,(H,18,20). The number of halogens is 3. The SMILES string of the molecule is Fc1ccc(Nc2nnc(-c3cc(Cl)ccc3Cl)o2)cc1. The van der Waals surface area contributed by atoms with Crippen LogP contribution in [0.1, 0.15) is 0 Å². The minimum atomic E-state index is -0.322. The van der Waals surface area contributed by atoms with Crippen LogP contribution in [0.3, 0.4) is 0 Å². The number of benzene rings is 2. The minimum Gasteiger partial charge on any atom is -0.403 e. The van der Waals surface area contributed by atoms with E-state index in [0.717, 1.165) is 0 Å². The largest absolute Gasteiger partial charge is 0.403 e. The Kier molecular flexibility index (Phi) is 3.77. The molecule has 0 amide bonds. The van der Waals surface area contributed by atoms with Crippen molar-refractivity contribution in [3.8, 4) is 11.5 Å². The lowest BCUT2D eigenvalue weighted by atomic mass is 10.2. The maximum Gasteiger partial charge on any atom is 0.320 e. The van der Waals surface area contributed by atoms with E-state index in [4.69, 9.17) is 27.6 Å². The van der Waals surface area contributed by atoms with Gasteiger partial charge in [0.1, 0.15) is 5.82 Å². The molecule has 0 unspecified atom stereocenters. The van der Waals surface area contributed by atoms with Crippen molar-refractivity contribution >= 4 is 34.9 Å². The molecular formula is C14H8Cl2FN3O. The monoisotopic (exact) mass is 323 g/mol. The Labute approximate surface area is 129 Å². The van der Waals surface area contributed by atoms with Gasteiger partial charge in [-0.05, 0) is 42.5 Å². The highest BCUT2D eigenvalue weighted by molar-refractivity contribution is 6.35. The molecule has 1 aromatic heterocycles. The van der Waals surface area contributed by atoms with Crippen LogP contribution in [0.5, 0.6) is 0 Å². The highest BCUT2D eigenvalue weighted by Crippen LogP contribution is 2.30. The van der Waals surface area contributed by atoms with Crippen molar-refractivity contribution in [2.24, 2.45) is 0 Å². The summed E-state index contributed by atoms with van der Waals surface area (Å²) in [6.07, 6.45) is 0. The topological polar surface area (TPSA) is 51.0 Å². The smallest absolute Gasteiger partial charge is 0.320 e. The van der Waals surface area contributed by atoms with E-state index in [-0.39, 0.29) is 17.7 Å². The van der Waals surface area contributed by atoms with E-state index in [0.29, 0.717) is 21.3 Å². The van der Waals surface area contributed by atoms with Crippen molar-refractivity contribution in [3.63, 3.8) is 0 Å². The number of nitrogens with one attached hydrogen (secondary N) is 1. The van der Waals surface area contributed by atoms with Crippen molar-refractivity contribution in [1.82, 2.24) is 10.2 Å². The summed E-state index contributed by atoms with van der Waals surface area (Å²) in [5.41, 5.74) is 1.17. The second-order valence-corrected chi connectivity index (χ2v) is 5.01. The summed E-state index contributed by atoms with van der Waals surface area (Å²) in [7, 11) is 0. The zero-order chi connectivity index (χ0) is 14.8. The third-order valence-corrected chi connectivity index (χ3v) is 3.24. The minimum absolute atomic E-state index is 0.174. The van der Waals surface area contributed by atoms with E-state index in [1.54, 1.807) is 30.3 Å². The van der Waals surface area contributed by atoms with Crippen LogP contribution >= 0.6 is 23.2 Å². The molecule has 21 heavy (non-hydrogen) atoms. The van der Waals surface area contributed by atoms with Crippen molar-refractivity contribution < 1.29 is 8.81 Å². The Balaban J connectivity index is 1.86. The first-order valence-corrected chi connectivity index (χ1v) is 6.69. The van der Waals surface area contributed by atoms with Gasteiger partial charge in [0.15, 0.2) is 0 Å². The van der Waals surface area contributed by atoms with Gasteiger partial charge in [-0.2, -0.15) is 0 Å². The molecule has 3 aromatic rings. The fourth-order valence-electron chi connectivity index (χ4n) is 1.70. The van der Waals surface area contributed by atoms with E-state index in [1.807, 2.05) is 0 Å². The molecule has 1 heterocycles. The summed E-state index contributed by atoms with van der Waals surface area (Å²) >= 11 is 12.0. The van der Waals surface area contributed by atoms with Crippen LogP contribution in [-0.2, 0) is 0 Å². The lowest BCUT2D eigenvalue weighted by molar-refractivity contribution is 0.587.